The summed E-state index contributed by atoms with van der Waals surface area (Å²) in [5, 5.41) is 3.88. The molecule has 0 aliphatic carbocycles. The quantitative estimate of drug-likeness (QED) is 0.636. The number of halogens is 1. The third-order valence-corrected chi connectivity index (χ3v) is 7.01. The number of rotatable bonds is 4. The van der Waals surface area contributed by atoms with Gasteiger partial charge in [0.05, 0.1) is 23.7 Å². The number of nitrogens with one attached hydrogen (secondary N) is 1. The van der Waals surface area contributed by atoms with Gasteiger partial charge in [-0.25, -0.2) is 4.98 Å². The first-order valence-electron chi connectivity index (χ1n) is 11.4. The van der Waals surface area contributed by atoms with Gasteiger partial charge in [0.15, 0.2) is 0 Å². The van der Waals surface area contributed by atoms with E-state index in [2.05, 4.69) is 40.8 Å². The fourth-order valence-electron chi connectivity index (χ4n) is 4.69. The number of piperidine rings is 1. The molecular weight excluding hydrogens is 424 g/mol. The Morgan fingerprint density at radius 2 is 1.81 bits per heavy atom. The van der Waals surface area contributed by atoms with E-state index in [1.807, 2.05) is 24.3 Å². The second kappa shape index (κ2) is 8.75. The largest absolute Gasteiger partial charge is 0.379 e. The Kier molecular flexibility index (Phi) is 5.82. The Morgan fingerprint density at radius 3 is 2.50 bits per heavy atom. The van der Waals surface area contributed by atoms with Crippen LogP contribution in [0.25, 0.3) is 16.7 Å². The summed E-state index contributed by atoms with van der Waals surface area (Å²) in [5.74, 6) is 1.14. The van der Waals surface area contributed by atoms with Crippen LogP contribution in [0.1, 0.15) is 30.4 Å². The fourth-order valence-corrected chi connectivity index (χ4v) is 4.81. The molecule has 5 rings (SSSR count). The Labute approximate surface area is 193 Å². The molecule has 0 spiro atoms. The van der Waals surface area contributed by atoms with E-state index >= 15 is 0 Å². The van der Waals surface area contributed by atoms with Crippen LogP contribution in [0.15, 0.2) is 36.4 Å². The fraction of sp³-hybridized carbons (Fsp3) is 0.440. The molecule has 3 aromatic rings. The van der Waals surface area contributed by atoms with Crippen molar-refractivity contribution in [3.63, 3.8) is 0 Å². The molecule has 2 fully saturated rings. The maximum Gasteiger partial charge on any atom is 0.223 e. The first kappa shape index (κ1) is 21.3. The highest BCUT2D eigenvalue weighted by Gasteiger charge is 2.30. The van der Waals surface area contributed by atoms with Crippen molar-refractivity contribution in [3.05, 3.63) is 52.5 Å². The van der Waals surface area contributed by atoms with E-state index in [0.717, 1.165) is 61.6 Å². The van der Waals surface area contributed by atoms with Gasteiger partial charge in [0, 0.05) is 36.3 Å². The standard InChI is InChI=1S/C25H29ClN4O2/c1-16-13-22-23(14-17(16)2)30(21-5-3-19(26)4-6-21)25(28-22)29-10-7-18(8-11-29)24(31)27-20-9-12-32-15-20/h3-6,13-14,18,20H,7-12,15H2,1-2H3,(H,27,31)/t20-/m1/s1. The van der Waals surface area contributed by atoms with Crippen molar-refractivity contribution in [2.24, 2.45) is 5.92 Å². The predicted octanol–water partition coefficient (Wildman–Crippen LogP) is 4.42. The van der Waals surface area contributed by atoms with Crippen molar-refractivity contribution in [2.75, 3.05) is 31.2 Å². The van der Waals surface area contributed by atoms with Gasteiger partial charge in [-0.3, -0.25) is 9.36 Å². The number of aromatic nitrogens is 2. The maximum absolute atomic E-state index is 12.7. The molecule has 1 aromatic heterocycles. The summed E-state index contributed by atoms with van der Waals surface area (Å²) in [6, 6.07) is 12.4. The number of carbonyl (C=O) groups is 1. The minimum Gasteiger partial charge on any atom is -0.379 e. The first-order chi connectivity index (χ1) is 15.5. The molecule has 32 heavy (non-hydrogen) atoms. The molecule has 2 aromatic carbocycles. The van der Waals surface area contributed by atoms with Crippen LogP contribution in [0.3, 0.4) is 0 Å². The average molecular weight is 453 g/mol. The average Bonchev–Trinajstić information content (AvgIpc) is 3.43. The Balaban J connectivity index is 1.42. The van der Waals surface area contributed by atoms with Gasteiger partial charge in [-0.1, -0.05) is 11.6 Å². The van der Waals surface area contributed by atoms with Crippen LogP contribution in [0.4, 0.5) is 5.95 Å². The van der Waals surface area contributed by atoms with Gasteiger partial charge in [0.25, 0.3) is 0 Å². The molecule has 6 nitrogen and oxygen atoms in total. The second-order valence-corrected chi connectivity index (χ2v) is 9.42. The summed E-state index contributed by atoms with van der Waals surface area (Å²) < 4.78 is 7.60. The number of nitrogens with zero attached hydrogens (tertiary/aromatic N) is 3. The van der Waals surface area contributed by atoms with Gasteiger partial charge in [0.1, 0.15) is 0 Å². The number of benzene rings is 2. The smallest absolute Gasteiger partial charge is 0.223 e. The van der Waals surface area contributed by atoms with Crippen molar-refractivity contribution < 1.29 is 9.53 Å². The minimum atomic E-state index is 0.0460. The lowest BCUT2D eigenvalue weighted by Crippen LogP contribution is -2.44. The highest BCUT2D eigenvalue weighted by atomic mass is 35.5. The highest BCUT2D eigenvalue weighted by molar-refractivity contribution is 6.30. The highest BCUT2D eigenvalue weighted by Crippen LogP contribution is 2.32. The molecule has 1 atom stereocenters. The number of ether oxygens (including phenoxy) is 1. The van der Waals surface area contributed by atoms with Crippen LogP contribution in [0.2, 0.25) is 5.02 Å². The summed E-state index contributed by atoms with van der Waals surface area (Å²) in [7, 11) is 0. The van der Waals surface area contributed by atoms with Crippen LogP contribution in [0, 0.1) is 19.8 Å². The molecule has 2 aliphatic rings. The number of fused-ring (bicyclic) bond motifs is 1. The number of carbonyl (C=O) groups excluding carboxylic acids is 1. The van der Waals surface area contributed by atoms with Crippen LogP contribution in [0.5, 0.6) is 0 Å². The van der Waals surface area contributed by atoms with E-state index in [0.29, 0.717) is 11.6 Å². The molecule has 1 amide bonds. The van der Waals surface area contributed by atoms with Gasteiger partial charge >= 0.3 is 0 Å². The molecular formula is C25H29ClN4O2. The lowest BCUT2D eigenvalue weighted by atomic mass is 9.95. The molecule has 0 radical (unpaired) electrons. The minimum absolute atomic E-state index is 0.0460. The maximum atomic E-state index is 12.7. The Morgan fingerprint density at radius 1 is 1.09 bits per heavy atom. The Bertz CT molecular complexity index is 1130. The van der Waals surface area contributed by atoms with E-state index < -0.39 is 0 Å². The number of amides is 1. The number of imidazole rings is 1. The van der Waals surface area contributed by atoms with Gasteiger partial charge in [-0.2, -0.15) is 0 Å². The molecule has 0 bridgehead atoms. The SMILES string of the molecule is Cc1cc2nc(N3CCC(C(=O)N[C@@H]4CCOC4)CC3)n(-c3ccc(Cl)cc3)c2cc1C. The zero-order valence-electron chi connectivity index (χ0n) is 18.6. The molecule has 168 valence electrons. The van der Waals surface area contributed by atoms with Crippen LogP contribution in [-0.2, 0) is 9.53 Å². The summed E-state index contributed by atoms with van der Waals surface area (Å²) in [5.41, 5.74) is 5.59. The van der Waals surface area contributed by atoms with Crippen LogP contribution >= 0.6 is 11.6 Å². The lowest BCUT2D eigenvalue weighted by molar-refractivity contribution is -0.126. The molecule has 2 saturated heterocycles. The van der Waals surface area contributed by atoms with Crippen molar-refractivity contribution in [2.45, 2.75) is 39.2 Å². The van der Waals surface area contributed by atoms with Gasteiger partial charge in [-0.05, 0) is 80.6 Å². The van der Waals surface area contributed by atoms with Crippen molar-refractivity contribution in [1.29, 1.82) is 0 Å². The molecule has 0 unspecified atom stereocenters. The molecule has 1 N–H and O–H groups in total. The Hall–Kier alpha value is -2.57. The molecule has 3 heterocycles. The zero-order valence-corrected chi connectivity index (χ0v) is 19.4. The number of hydrogen-bond acceptors (Lipinski definition) is 4. The third-order valence-electron chi connectivity index (χ3n) is 6.76. The van der Waals surface area contributed by atoms with E-state index in [1.165, 1.54) is 11.1 Å². The second-order valence-electron chi connectivity index (χ2n) is 8.98. The normalized spacial score (nSPS) is 19.6. The van der Waals surface area contributed by atoms with Crippen LogP contribution in [-0.4, -0.2) is 47.8 Å². The topological polar surface area (TPSA) is 59.4 Å². The third kappa shape index (κ3) is 4.09. The lowest BCUT2D eigenvalue weighted by Gasteiger charge is -2.32. The van der Waals surface area contributed by atoms with Crippen molar-refractivity contribution in [3.8, 4) is 5.69 Å². The van der Waals surface area contributed by atoms with Gasteiger partial charge in [0.2, 0.25) is 11.9 Å². The predicted molar refractivity (Wildman–Crippen MR) is 128 cm³/mol. The molecule has 2 aliphatic heterocycles. The summed E-state index contributed by atoms with van der Waals surface area (Å²) in [4.78, 5) is 20.1. The first-order valence-corrected chi connectivity index (χ1v) is 11.8. The number of aryl methyl sites for hydroxylation is 2. The van der Waals surface area contributed by atoms with Crippen molar-refractivity contribution in [1.82, 2.24) is 14.9 Å². The van der Waals surface area contributed by atoms with E-state index in [1.54, 1.807) is 0 Å². The monoisotopic (exact) mass is 452 g/mol. The zero-order chi connectivity index (χ0) is 22.2. The molecule has 7 heteroatoms. The van der Waals surface area contributed by atoms with E-state index in [4.69, 9.17) is 21.3 Å². The summed E-state index contributed by atoms with van der Waals surface area (Å²) in [6.07, 6.45) is 2.55. The summed E-state index contributed by atoms with van der Waals surface area (Å²) in [6.45, 7) is 7.22. The number of anilines is 1. The van der Waals surface area contributed by atoms with E-state index in [-0.39, 0.29) is 17.9 Å². The van der Waals surface area contributed by atoms with Gasteiger partial charge < -0.3 is 15.0 Å². The number of hydrogen-bond donors (Lipinski definition) is 1. The van der Waals surface area contributed by atoms with Crippen LogP contribution < -0.4 is 10.2 Å². The summed E-state index contributed by atoms with van der Waals surface area (Å²) >= 11 is 6.15. The molecule has 0 saturated carbocycles. The van der Waals surface area contributed by atoms with E-state index in [9.17, 15) is 4.79 Å². The van der Waals surface area contributed by atoms with Crippen molar-refractivity contribution >= 4 is 34.5 Å². The van der Waals surface area contributed by atoms with Gasteiger partial charge in [-0.15, -0.1) is 0 Å².